The summed E-state index contributed by atoms with van der Waals surface area (Å²) in [5.74, 6) is -2.63. The van der Waals surface area contributed by atoms with Gasteiger partial charge in [0.05, 0.1) is 27.9 Å². The van der Waals surface area contributed by atoms with Crippen molar-refractivity contribution in [3.8, 4) is 5.75 Å². The molecule has 3 N–H and O–H groups in total. The first-order valence-corrected chi connectivity index (χ1v) is 14.3. The van der Waals surface area contributed by atoms with Gasteiger partial charge in [-0.2, -0.15) is 13.2 Å². The van der Waals surface area contributed by atoms with Gasteiger partial charge in [-0.3, -0.25) is 19.1 Å². The van der Waals surface area contributed by atoms with Crippen LogP contribution < -0.4 is 19.1 Å². The number of benzene rings is 2. The lowest BCUT2D eigenvalue weighted by Crippen LogP contribution is -2.44. The van der Waals surface area contributed by atoms with Crippen LogP contribution in [0.4, 0.5) is 33.7 Å². The Balaban J connectivity index is 1.65. The predicted octanol–water partition coefficient (Wildman–Crippen LogP) is 3.28. The van der Waals surface area contributed by atoms with Gasteiger partial charge in [0.25, 0.3) is 10.0 Å². The molecule has 1 fully saturated rings. The Morgan fingerprint density at radius 3 is 2.38 bits per heavy atom. The highest BCUT2D eigenvalue weighted by Crippen LogP contribution is 2.41. The number of hydrogen-bond acceptors (Lipinski definition) is 7. The molecular weight excluding hydrogens is 574 g/mol. The molecular formula is C22H21F4N3O8S2. The number of nitrogens with zero attached hydrogens (tertiary/aromatic N) is 1. The zero-order chi connectivity index (χ0) is 28.8. The number of nitrogens with one attached hydrogen (secondary N) is 2. The monoisotopic (exact) mass is 595 g/mol. The summed E-state index contributed by atoms with van der Waals surface area (Å²) in [4.78, 5) is 22.4. The highest BCUT2D eigenvalue weighted by molar-refractivity contribution is 7.92. The fourth-order valence-corrected chi connectivity index (χ4v) is 6.73. The van der Waals surface area contributed by atoms with Crippen LogP contribution in [-0.2, 0) is 31.0 Å². The molecule has 1 aliphatic heterocycles. The number of sulfonamides is 2. The molecule has 0 aromatic heterocycles. The van der Waals surface area contributed by atoms with Crippen molar-refractivity contribution in [2.24, 2.45) is 0 Å². The minimum absolute atomic E-state index is 0.0803. The fraction of sp³-hybridized carbons (Fsp3) is 0.364. The van der Waals surface area contributed by atoms with Gasteiger partial charge in [-0.25, -0.2) is 26.0 Å². The van der Waals surface area contributed by atoms with E-state index in [9.17, 15) is 44.0 Å². The average molecular weight is 596 g/mol. The van der Waals surface area contributed by atoms with Crippen LogP contribution in [-0.4, -0.2) is 51.8 Å². The number of hydrogen-bond donors (Lipinski definition) is 3. The molecule has 39 heavy (non-hydrogen) atoms. The highest BCUT2D eigenvalue weighted by atomic mass is 32.2. The Hall–Kier alpha value is -3.60. The van der Waals surface area contributed by atoms with Crippen LogP contribution >= 0.6 is 0 Å². The summed E-state index contributed by atoms with van der Waals surface area (Å²) in [6, 6.07) is 4.71. The molecule has 2 aliphatic rings. The molecule has 11 nitrogen and oxygen atoms in total. The predicted molar refractivity (Wildman–Crippen MR) is 128 cm³/mol. The third kappa shape index (κ3) is 6.35. The number of fused-ring (bicyclic) bond motifs is 1. The lowest BCUT2D eigenvalue weighted by molar-refractivity contribution is -0.140. The summed E-state index contributed by atoms with van der Waals surface area (Å²) in [6.07, 6.45) is -7.42. The summed E-state index contributed by atoms with van der Waals surface area (Å²) < 4.78 is 113. The van der Waals surface area contributed by atoms with E-state index >= 15 is 0 Å². The zero-order valence-electron chi connectivity index (χ0n) is 19.7. The van der Waals surface area contributed by atoms with Crippen LogP contribution in [0.15, 0.2) is 41.3 Å². The van der Waals surface area contributed by atoms with Crippen LogP contribution in [0.5, 0.6) is 5.75 Å². The minimum atomic E-state index is -5.19. The average Bonchev–Trinajstić information content (AvgIpc) is 3.67. The van der Waals surface area contributed by atoms with Crippen LogP contribution in [0, 0.1) is 5.82 Å². The van der Waals surface area contributed by atoms with Gasteiger partial charge in [-0.05, 0) is 55.7 Å². The van der Waals surface area contributed by atoms with Gasteiger partial charge in [0, 0.05) is 12.1 Å². The molecule has 0 radical (unpaired) electrons. The van der Waals surface area contributed by atoms with Gasteiger partial charge in [0.15, 0.2) is 0 Å². The van der Waals surface area contributed by atoms with Crippen molar-refractivity contribution in [2.75, 3.05) is 16.2 Å². The molecule has 2 aromatic rings. The maximum absolute atomic E-state index is 13.8. The van der Waals surface area contributed by atoms with Gasteiger partial charge < -0.3 is 9.84 Å². The first-order valence-electron chi connectivity index (χ1n) is 11.3. The normalized spacial score (nSPS) is 17.6. The van der Waals surface area contributed by atoms with Crippen molar-refractivity contribution < 1.29 is 53.8 Å². The number of amides is 2. The maximum Gasteiger partial charge on any atom is 0.419 e. The van der Waals surface area contributed by atoms with E-state index in [-0.39, 0.29) is 36.0 Å². The number of halogens is 4. The number of rotatable bonds is 8. The summed E-state index contributed by atoms with van der Waals surface area (Å²) in [6.45, 7) is -0.534. The first kappa shape index (κ1) is 28.4. The smallest absolute Gasteiger partial charge is 0.419 e. The Morgan fingerprint density at radius 1 is 1.08 bits per heavy atom. The number of ether oxygens (including phenoxy) is 1. The molecule has 1 atom stereocenters. The molecule has 2 amide bonds. The van der Waals surface area contributed by atoms with E-state index in [1.165, 1.54) is 12.1 Å². The van der Waals surface area contributed by atoms with E-state index < -0.39 is 72.4 Å². The maximum atomic E-state index is 13.8. The van der Waals surface area contributed by atoms with E-state index in [0.717, 1.165) is 6.07 Å². The summed E-state index contributed by atoms with van der Waals surface area (Å²) in [5.41, 5.74) is -2.11. The zero-order valence-corrected chi connectivity index (χ0v) is 21.4. The summed E-state index contributed by atoms with van der Waals surface area (Å²) in [7, 11) is -8.62. The molecule has 0 saturated heterocycles. The van der Waals surface area contributed by atoms with Gasteiger partial charge in [-0.15, -0.1) is 0 Å². The molecule has 1 saturated carbocycles. The Labute approximate surface area is 219 Å². The standard InChI is InChI=1S/C22H21F4N3O8S2/c23-17-6-5-15(10-16(17)22(24,25)26)39(35,36)29-11-13(2-8-20(30)28-38(33,34)14-3-4-14)37-19-7-1-12(9-18(19)29)27-21(31)32/h1,5-7,9-10,13-14,27H,2-4,8,11H2,(H,28,30)(H,31,32). The van der Waals surface area contributed by atoms with E-state index in [1.54, 1.807) is 0 Å². The molecule has 4 rings (SSSR count). The van der Waals surface area contributed by atoms with Gasteiger partial charge in [0.2, 0.25) is 15.9 Å². The van der Waals surface area contributed by atoms with Crippen LogP contribution in [0.1, 0.15) is 31.2 Å². The van der Waals surface area contributed by atoms with Crippen molar-refractivity contribution >= 4 is 43.4 Å². The van der Waals surface area contributed by atoms with E-state index in [0.29, 0.717) is 29.3 Å². The summed E-state index contributed by atoms with van der Waals surface area (Å²) in [5, 5.41) is 10.4. The van der Waals surface area contributed by atoms with Crippen molar-refractivity contribution in [1.82, 2.24) is 4.72 Å². The van der Waals surface area contributed by atoms with Crippen molar-refractivity contribution in [3.63, 3.8) is 0 Å². The number of carboxylic acid groups (broad SMARTS) is 1. The van der Waals surface area contributed by atoms with E-state index in [4.69, 9.17) is 9.84 Å². The van der Waals surface area contributed by atoms with Crippen molar-refractivity contribution in [3.05, 3.63) is 47.8 Å². The van der Waals surface area contributed by atoms with Gasteiger partial charge in [-0.1, -0.05) is 0 Å². The second-order valence-corrected chi connectivity index (χ2v) is 12.7. The Bertz CT molecular complexity index is 1530. The lowest BCUT2D eigenvalue weighted by Gasteiger charge is -2.35. The minimum Gasteiger partial charge on any atom is -0.486 e. The second kappa shape index (κ2) is 10.2. The highest BCUT2D eigenvalue weighted by Gasteiger charge is 2.40. The molecule has 0 bridgehead atoms. The molecule has 212 valence electrons. The third-order valence-electron chi connectivity index (χ3n) is 5.89. The number of alkyl halides is 3. The molecule has 1 heterocycles. The SMILES string of the molecule is O=C(O)Nc1ccc2c(c1)N(S(=O)(=O)c1ccc(F)c(C(F)(F)F)c1)CC(CCC(=O)NS(=O)(=O)C1CC1)O2. The third-order valence-corrected chi connectivity index (χ3v) is 9.52. The lowest BCUT2D eigenvalue weighted by atomic mass is 10.1. The largest absolute Gasteiger partial charge is 0.486 e. The van der Waals surface area contributed by atoms with Crippen LogP contribution in [0.25, 0.3) is 0 Å². The number of carbonyl (C=O) groups is 2. The number of carbonyl (C=O) groups excluding carboxylic acids is 1. The quantitative estimate of drug-likeness (QED) is 0.392. The van der Waals surface area contributed by atoms with E-state index in [2.05, 4.69) is 0 Å². The molecule has 1 unspecified atom stereocenters. The van der Waals surface area contributed by atoms with E-state index in [1.807, 2.05) is 10.0 Å². The van der Waals surface area contributed by atoms with Crippen molar-refractivity contribution in [1.29, 1.82) is 0 Å². The molecule has 0 spiro atoms. The molecule has 1 aliphatic carbocycles. The summed E-state index contributed by atoms with van der Waals surface area (Å²) >= 11 is 0. The number of anilines is 2. The topological polar surface area (TPSA) is 159 Å². The first-order chi connectivity index (χ1) is 18.1. The van der Waals surface area contributed by atoms with Crippen molar-refractivity contribution in [2.45, 2.75) is 48.1 Å². The van der Waals surface area contributed by atoms with Crippen LogP contribution in [0.2, 0.25) is 0 Å². The Kier molecular flexibility index (Phi) is 7.41. The van der Waals surface area contributed by atoms with Gasteiger partial charge >= 0.3 is 12.3 Å². The van der Waals surface area contributed by atoms with Gasteiger partial charge in [0.1, 0.15) is 17.7 Å². The Morgan fingerprint density at radius 2 is 1.77 bits per heavy atom. The molecule has 2 aromatic carbocycles. The van der Waals surface area contributed by atoms with Crippen LogP contribution in [0.3, 0.4) is 0 Å². The molecule has 17 heteroatoms. The fourth-order valence-electron chi connectivity index (χ4n) is 3.86. The second-order valence-electron chi connectivity index (χ2n) is 8.84.